The van der Waals surface area contributed by atoms with Gasteiger partial charge in [-0.25, -0.2) is 0 Å². The molecular weight excluding hydrogens is 186 g/mol. The summed E-state index contributed by atoms with van der Waals surface area (Å²) in [6.45, 7) is 2.38. The molecule has 2 N–H and O–H groups in total. The molecule has 0 saturated heterocycles. The summed E-state index contributed by atoms with van der Waals surface area (Å²) in [6.07, 6.45) is 7.33. The normalized spacial score (nSPS) is 49.6. The lowest BCUT2D eigenvalue weighted by atomic mass is 9.79. The zero-order valence-electron chi connectivity index (χ0n) is 9.65. The van der Waals surface area contributed by atoms with Crippen molar-refractivity contribution < 1.29 is 5.11 Å². The van der Waals surface area contributed by atoms with E-state index < -0.39 is 0 Å². The lowest BCUT2D eigenvalue weighted by molar-refractivity contribution is 0.176. The fourth-order valence-corrected chi connectivity index (χ4v) is 4.68. The van der Waals surface area contributed by atoms with Crippen LogP contribution in [0.5, 0.6) is 0 Å². The van der Waals surface area contributed by atoms with Crippen LogP contribution in [0.15, 0.2) is 0 Å². The maximum atomic E-state index is 9.09. The van der Waals surface area contributed by atoms with Crippen LogP contribution in [0.1, 0.15) is 39.0 Å². The van der Waals surface area contributed by atoms with Gasteiger partial charge in [0, 0.05) is 12.1 Å². The van der Waals surface area contributed by atoms with Gasteiger partial charge in [0.25, 0.3) is 0 Å². The molecule has 2 bridgehead atoms. The van der Waals surface area contributed by atoms with Crippen LogP contribution < -0.4 is 5.32 Å². The van der Waals surface area contributed by atoms with Crippen molar-refractivity contribution in [2.24, 2.45) is 23.7 Å². The average molecular weight is 209 g/mol. The van der Waals surface area contributed by atoms with Crippen LogP contribution in [0.3, 0.4) is 0 Å². The first kappa shape index (κ1) is 10.1. The van der Waals surface area contributed by atoms with Gasteiger partial charge in [-0.2, -0.15) is 0 Å². The fraction of sp³-hybridized carbons (Fsp3) is 1.00. The van der Waals surface area contributed by atoms with Crippen molar-refractivity contribution in [2.45, 2.75) is 51.1 Å². The molecule has 3 aliphatic carbocycles. The van der Waals surface area contributed by atoms with Gasteiger partial charge in [0.05, 0.1) is 6.61 Å². The smallest absolute Gasteiger partial charge is 0.0582 e. The van der Waals surface area contributed by atoms with E-state index in [1.54, 1.807) is 0 Å². The van der Waals surface area contributed by atoms with E-state index in [0.29, 0.717) is 0 Å². The molecule has 0 aromatic carbocycles. The molecular formula is C13H23NO. The van der Waals surface area contributed by atoms with Crippen molar-refractivity contribution in [3.05, 3.63) is 0 Å². The molecule has 2 nitrogen and oxygen atoms in total. The summed E-state index contributed by atoms with van der Waals surface area (Å²) in [5.41, 5.74) is 0. The van der Waals surface area contributed by atoms with Crippen molar-refractivity contribution >= 4 is 0 Å². The SMILES string of the molecule is C[C@H](CO)N[C@H]1C[C@@H]2C[C@@H]1[C@H]1CCC[C@H]21. The molecule has 0 radical (unpaired) electrons. The molecule has 0 spiro atoms. The molecule has 15 heavy (non-hydrogen) atoms. The summed E-state index contributed by atoms with van der Waals surface area (Å²) in [5, 5.41) is 12.7. The van der Waals surface area contributed by atoms with Gasteiger partial charge in [-0.05, 0) is 56.3 Å². The van der Waals surface area contributed by atoms with E-state index in [1.165, 1.54) is 32.1 Å². The van der Waals surface area contributed by atoms with E-state index in [9.17, 15) is 0 Å². The number of rotatable bonds is 3. The molecule has 86 valence electrons. The van der Waals surface area contributed by atoms with Gasteiger partial charge in [0.2, 0.25) is 0 Å². The molecule has 0 aromatic rings. The maximum absolute atomic E-state index is 9.09. The van der Waals surface area contributed by atoms with Crippen molar-refractivity contribution in [2.75, 3.05) is 6.61 Å². The van der Waals surface area contributed by atoms with Crippen LogP contribution in [0, 0.1) is 23.7 Å². The zero-order chi connectivity index (χ0) is 10.4. The van der Waals surface area contributed by atoms with Crippen molar-refractivity contribution in [1.29, 1.82) is 0 Å². The van der Waals surface area contributed by atoms with Crippen molar-refractivity contribution in [1.82, 2.24) is 5.32 Å². The number of fused-ring (bicyclic) bond motifs is 5. The molecule has 0 heterocycles. The first-order valence-electron chi connectivity index (χ1n) is 6.66. The van der Waals surface area contributed by atoms with Gasteiger partial charge in [0.1, 0.15) is 0 Å². The van der Waals surface area contributed by atoms with Gasteiger partial charge < -0.3 is 10.4 Å². The van der Waals surface area contributed by atoms with E-state index in [1.807, 2.05) is 0 Å². The van der Waals surface area contributed by atoms with Gasteiger partial charge in [-0.1, -0.05) is 6.42 Å². The number of hydrogen-bond acceptors (Lipinski definition) is 2. The Morgan fingerprint density at radius 1 is 1.20 bits per heavy atom. The zero-order valence-corrected chi connectivity index (χ0v) is 9.65. The third-order valence-electron chi connectivity index (χ3n) is 5.20. The van der Waals surface area contributed by atoms with E-state index in [-0.39, 0.29) is 12.6 Å². The summed E-state index contributed by atoms with van der Waals surface area (Å²) in [7, 11) is 0. The second kappa shape index (κ2) is 3.74. The van der Waals surface area contributed by atoms with Crippen LogP contribution in [0.25, 0.3) is 0 Å². The first-order valence-corrected chi connectivity index (χ1v) is 6.66. The molecule has 3 saturated carbocycles. The highest BCUT2D eigenvalue weighted by Crippen LogP contribution is 2.58. The Balaban J connectivity index is 1.65. The third kappa shape index (κ3) is 1.53. The molecule has 3 aliphatic rings. The molecule has 0 amide bonds. The second-order valence-corrected chi connectivity index (χ2v) is 6.01. The number of hydrogen-bond donors (Lipinski definition) is 2. The summed E-state index contributed by atoms with van der Waals surface area (Å²) >= 11 is 0. The molecule has 0 unspecified atom stereocenters. The first-order chi connectivity index (χ1) is 7.29. The van der Waals surface area contributed by atoms with Gasteiger partial charge in [0.15, 0.2) is 0 Å². The predicted octanol–water partition coefficient (Wildman–Crippen LogP) is 1.78. The van der Waals surface area contributed by atoms with Crippen molar-refractivity contribution in [3.8, 4) is 0 Å². The van der Waals surface area contributed by atoms with E-state index in [4.69, 9.17) is 5.11 Å². The van der Waals surface area contributed by atoms with Crippen LogP contribution in [0.2, 0.25) is 0 Å². The maximum Gasteiger partial charge on any atom is 0.0582 e. The highest BCUT2D eigenvalue weighted by Gasteiger charge is 2.53. The molecule has 3 fully saturated rings. The minimum Gasteiger partial charge on any atom is -0.395 e. The summed E-state index contributed by atoms with van der Waals surface area (Å²) in [5.74, 6) is 4.08. The van der Waals surface area contributed by atoms with E-state index in [2.05, 4.69) is 12.2 Å². The Kier molecular flexibility index (Phi) is 2.52. The Morgan fingerprint density at radius 2 is 2.00 bits per heavy atom. The summed E-state index contributed by atoms with van der Waals surface area (Å²) in [6, 6.07) is 1.01. The standard InChI is InChI=1S/C13H23NO/c1-8(7-15)14-13-6-9-5-12(13)11-4-2-3-10(9)11/h8-15H,2-7H2,1H3/t8-,9+,10-,11+,12-,13+/m1/s1. The molecule has 0 aliphatic heterocycles. The third-order valence-corrected chi connectivity index (χ3v) is 5.20. The Bertz CT molecular complexity index is 243. The number of aliphatic hydroxyl groups excluding tert-OH is 1. The van der Waals surface area contributed by atoms with Gasteiger partial charge >= 0.3 is 0 Å². The second-order valence-electron chi connectivity index (χ2n) is 6.01. The Hall–Kier alpha value is -0.0800. The quantitative estimate of drug-likeness (QED) is 0.742. The largest absolute Gasteiger partial charge is 0.395 e. The minimum absolute atomic E-state index is 0.280. The van der Waals surface area contributed by atoms with Crippen LogP contribution in [-0.2, 0) is 0 Å². The minimum atomic E-state index is 0.280. The lowest BCUT2D eigenvalue weighted by Gasteiger charge is -2.33. The summed E-state index contributed by atoms with van der Waals surface area (Å²) in [4.78, 5) is 0. The Labute approximate surface area is 92.4 Å². The number of aliphatic hydroxyl groups is 1. The van der Waals surface area contributed by atoms with Crippen LogP contribution >= 0.6 is 0 Å². The molecule has 2 heteroatoms. The van der Waals surface area contributed by atoms with Crippen LogP contribution in [0.4, 0.5) is 0 Å². The Morgan fingerprint density at radius 3 is 2.80 bits per heavy atom. The average Bonchev–Trinajstić information content (AvgIpc) is 2.87. The monoisotopic (exact) mass is 209 g/mol. The fourth-order valence-electron chi connectivity index (χ4n) is 4.68. The van der Waals surface area contributed by atoms with Crippen molar-refractivity contribution in [3.63, 3.8) is 0 Å². The van der Waals surface area contributed by atoms with Crippen LogP contribution in [-0.4, -0.2) is 23.8 Å². The van der Waals surface area contributed by atoms with Gasteiger partial charge in [-0.15, -0.1) is 0 Å². The van der Waals surface area contributed by atoms with E-state index in [0.717, 1.165) is 29.7 Å². The van der Waals surface area contributed by atoms with Gasteiger partial charge in [-0.3, -0.25) is 0 Å². The molecule has 0 aromatic heterocycles. The number of nitrogens with one attached hydrogen (secondary N) is 1. The summed E-state index contributed by atoms with van der Waals surface area (Å²) < 4.78 is 0. The predicted molar refractivity (Wildman–Crippen MR) is 60.5 cm³/mol. The van der Waals surface area contributed by atoms with E-state index >= 15 is 0 Å². The highest BCUT2D eigenvalue weighted by molar-refractivity contribution is 5.05. The topological polar surface area (TPSA) is 32.3 Å². The molecule has 3 rings (SSSR count). The molecule has 6 atom stereocenters. The highest BCUT2D eigenvalue weighted by atomic mass is 16.3. The lowest BCUT2D eigenvalue weighted by Crippen LogP contribution is -2.44.